The summed E-state index contributed by atoms with van der Waals surface area (Å²) in [5, 5.41) is 2.62. The van der Waals surface area contributed by atoms with Crippen LogP contribution in [-0.2, 0) is 32.7 Å². The minimum Gasteiger partial charge on any atom is -0.399 e. The third-order valence-corrected chi connectivity index (χ3v) is 4.06. The molecule has 0 saturated heterocycles. The summed E-state index contributed by atoms with van der Waals surface area (Å²) in [4.78, 5) is 0. The predicted molar refractivity (Wildman–Crippen MR) is 180 cm³/mol. The third-order valence-electron chi connectivity index (χ3n) is 4.06. The summed E-state index contributed by atoms with van der Waals surface area (Å²) in [6.45, 7) is 0. The molecular weight excluding hydrogens is 569 g/mol. The molecule has 0 atom stereocenters. The number of hydrogen-bond donors (Lipinski definition) is 6. The molecule has 0 unspecified atom stereocenters. The second-order valence-corrected chi connectivity index (χ2v) is 6.58. The van der Waals surface area contributed by atoms with E-state index in [1.165, 1.54) is 31.9 Å². The van der Waals surface area contributed by atoms with Crippen molar-refractivity contribution in [3.8, 4) is 0 Å². The van der Waals surface area contributed by atoms with Crippen LogP contribution in [0.25, 0.3) is 10.8 Å². The zero-order valence-corrected chi connectivity index (χ0v) is 27.7. The maximum Gasteiger partial charge on any atom is 0.0313 e. The molecule has 0 spiro atoms. The van der Waals surface area contributed by atoms with Crippen molar-refractivity contribution in [3.63, 3.8) is 0 Å². The smallest absolute Gasteiger partial charge is 0.0313 e. The number of para-hydroxylation sites is 3. The van der Waals surface area contributed by atoms with Crippen molar-refractivity contribution in [2.75, 3.05) is 38.3 Å². The van der Waals surface area contributed by atoms with Gasteiger partial charge in [-0.15, -0.1) is 0 Å². The molecule has 5 rings (SSSR count). The number of fused-ring (bicyclic) bond motifs is 1. The summed E-state index contributed by atoms with van der Waals surface area (Å²) in [7, 11) is 4.50. The van der Waals surface area contributed by atoms with Gasteiger partial charge in [0.1, 0.15) is 0 Å². The number of nitrogen functional groups attached to an aromatic ring is 3. The molecule has 5 aromatic carbocycles. The van der Waals surface area contributed by atoms with E-state index in [1.807, 2.05) is 91.0 Å². The molecule has 6 nitrogen and oxygen atoms in total. The van der Waals surface area contributed by atoms with Gasteiger partial charge in [0.05, 0.1) is 0 Å². The number of benzene rings is 5. The molecule has 0 bridgehead atoms. The topological polar surface area (TPSA) is 156 Å². The first-order chi connectivity index (χ1) is 18.1. The van der Waals surface area contributed by atoms with Crippen LogP contribution in [0, 0.1) is 14.9 Å². The van der Waals surface area contributed by atoms with Gasteiger partial charge in [0.2, 0.25) is 0 Å². The van der Waals surface area contributed by atoms with Crippen LogP contribution in [-0.4, -0.2) is 21.1 Å². The van der Waals surface area contributed by atoms with Crippen molar-refractivity contribution < 1.29 is 32.7 Å². The van der Waals surface area contributed by atoms with Gasteiger partial charge in [-0.3, -0.25) is 0 Å². The van der Waals surface area contributed by atoms with E-state index < -0.39 is 0 Å². The minimum absolute atomic E-state index is 0. The van der Waals surface area contributed by atoms with Crippen LogP contribution in [0.2, 0.25) is 0 Å². The fourth-order valence-electron chi connectivity index (χ4n) is 2.49. The molecule has 0 aliphatic rings. The first-order valence-electron chi connectivity index (χ1n) is 11.7. The Hall–Kier alpha value is -3.26. The van der Waals surface area contributed by atoms with Crippen molar-refractivity contribution >= 4 is 27.8 Å². The van der Waals surface area contributed by atoms with Crippen molar-refractivity contribution in [1.29, 1.82) is 0 Å². The van der Waals surface area contributed by atoms with Crippen molar-refractivity contribution in [3.05, 3.63) is 154 Å². The van der Waals surface area contributed by atoms with Crippen molar-refractivity contribution in [2.24, 2.45) is 17.2 Å². The SMILES string of the molecule is CN.CN.CN.Nc1ccccc1.Nc1ccccc1.Nc1ccccc1.[CH3-].[CH3-].[Y].c1ccc2ccccc2c1. The second-order valence-electron chi connectivity index (χ2n) is 6.58. The number of nitrogens with two attached hydrogens (primary N) is 6. The first kappa shape index (κ1) is 46.6. The summed E-state index contributed by atoms with van der Waals surface area (Å²) < 4.78 is 0. The van der Waals surface area contributed by atoms with Crippen LogP contribution in [0.3, 0.4) is 0 Å². The standard InChI is InChI=1S/C10H8.3C6H7N.3CH5N.2CH3.Y/c1-2-6-10-8-4-3-7-9(10)5-1;3*7-6-4-2-1-3-5-6;3*1-2;;;/h1-8H;3*1-5H,7H2;3*2H2,1H3;2*1H3;/q;;;;;;;2*-1;. The molecule has 0 aromatic heterocycles. The Labute approximate surface area is 269 Å². The second kappa shape index (κ2) is 35.7. The zero-order chi connectivity index (χ0) is 28.2. The summed E-state index contributed by atoms with van der Waals surface area (Å²) in [5.41, 5.74) is 32.0. The van der Waals surface area contributed by atoms with Crippen LogP contribution in [0.5, 0.6) is 0 Å². The summed E-state index contributed by atoms with van der Waals surface area (Å²) >= 11 is 0. The Bertz CT molecular complexity index is 958. The molecular formula is C33H50N6Y-2. The van der Waals surface area contributed by atoms with Gasteiger partial charge < -0.3 is 49.3 Å². The Morgan fingerprint density at radius 2 is 0.450 bits per heavy atom. The van der Waals surface area contributed by atoms with E-state index >= 15 is 0 Å². The molecule has 1 radical (unpaired) electrons. The Kier molecular flexibility index (Phi) is 41.6. The van der Waals surface area contributed by atoms with Crippen LogP contribution in [0.15, 0.2) is 140 Å². The van der Waals surface area contributed by atoms with Crippen molar-refractivity contribution in [2.45, 2.75) is 0 Å². The van der Waals surface area contributed by atoms with Gasteiger partial charge >= 0.3 is 0 Å². The quantitative estimate of drug-likeness (QED) is 0.0887. The average molecular weight is 620 g/mol. The van der Waals surface area contributed by atoms with Gasteiger partial charge in [0.25, 0.3) is 0 Å². The summed E-state index contributed by atoms with van der Waals surface area (Å²) in [6.07, 6.45) is 0. The van der Waals surface area contributed by atoms with E-state index in [0.29, 0.717) is 0 Å². The Balaban J connectivity index is -0.000000126. The normalized spacial score (nSPS) is 7.45. The van der Waals surface area contributed by atoms with Crippen LogP contribution < -0.4 is 34.4 Å². The first-order valence-corrected chi connectivity index (χ1v) is 11.7. The van der Waals surface area contributed by atoms with Gasteiger partial charge in [0.15, 0.2) is 0 Å². The number of rotatable bonds is 0. The molecule has 0 aliphatic heterocycles. The van der Waals surface area contributed by atoms with E-state index in [-0.39, 0.29) is 47.6 Å². The van der Waals surface area contributed by atoms with Gasteiger partial charge in [-0.25, -0.2) is 0 Å². The van der Waals surface area contributed by atoms with E-state index in [4.69, 9.17) is 17.2 Å². The zero-order valence-electron chi connectivity index (χ0n) is 24.8. The number of anilines is 3. The fourth-order valence-corrected chi connectivity index (χ4v) is 2.49. The van der Waals surface area contributed by atoms with E-state index in [0.717, 1.165) is 17.1 Å². The minimum atomic E-state index is 0. The molecule has 12 N–H and O–H groups in total. The van der Waals surface area contributed by atoms with Gasteiger partial charge in [-0.05, 0) is 68.3 Å². The Morgan fingerprint density at radius 3 is 0.575 bits per heavy atom. The van der Waals surface area contributed by atoms with Gasteiger partial charge in [-0.1, -0.05) is 103 Å². The Morgan fingerprint density at radius 1 is 0.300 bits per heavy atom. The molecule has 0 heterocycles. The fraction of sp³-hybridized carbons (Fsp3) is 0.0909. The van der Waals surface area contributed by atoms with Crippen molar-refractivity contribution in [1.82, 2.24) is 0 Å². The number of hydrogen-bond acceptors (Lipinski definition) is 6. The molecule has 0 fully saturated rings. The maximum absolute atomic E-state index is 5.36. The summed E-state index contributed by atoms with van der Waals surface area (Å²) in [6, 6.07) is 45.2. The van der Waals surface area contributed by atoms with Crippen LogP contribution in [0.4, 0.5) is 17.1 Å². The van der Waals surface area contributed by atoms with E-state index in [1.54, 1.807) is 0 Å². The van der Waals surface area contributed by atoms with Gasteiger partial charge in [0, 0.05) is 49.8 Å². The predicted octanol–water partition coefficient (Wildman–Crippen LogP) is 6.27. The maximum atomic E-state index is 5.36. The van der Waals surface area contributed by atoms with Gasteiger partial charge in [-0.2, -0.15) is 0 Å². The van der Waals surface area contributed by atoms with E-state index in [9.17, 15) is 0 Å². The molecule has 7 heteroatoms. The molecule has 0 saturated carbocycles. The average Bonchev–Trinajstić information content (AvgIpc) is 2.99. The monoisotopic (exact) mass is 619 g/mol. The van der Waals surface area contributed by atoms with Crippen LogP contribution in [0.1, 0.15) is 0 Å². The molecule has 40 heavy (non-hydrogen) atoms. The molecule has 0 aliphatic carbocycles. The third kappa shape index (κ3) is 26.4. The van der Waals surface area contributed by atoms with Crippen LogP contribution >= 0.6 is 0 Å². The molecule has 5 aromatic rings. The summed E-state index contributed by atoms with van der Waals surface area (Å²) in [5.74, 6) is 0. The molecule has 217 valence electrons. The molecule has 0 amide bonds. The largest absolute Gasteiger partial charge is 0.399 e. The van der Waals surface area contributed by atoms with E-state index in [2.05, 4.69) is 65.7 Å².